The number of para-hydroxylation sites is 2. The summed E-state index contributed by atoms with van der Waals surface area (Å²) in [6.07, 6.45) is 1.02. The van der Waals surface area contributed by atoms with Crippen molar-refractivity contribution in [1.82, 2.24) is 14.8 Å². The van der Waals surface area contributed by atoms with Crippen molar-refractivity contribution in [1.29, 1.82) is 0 Å². The zero-order valence-corrected chi connectivity index (χ0v) is 19.6. The lowest BCUT2D eigenvalue weighted by Crippen LogP contribution is -2.23. The number of methoxy groups -OCH3 is 1. The highest BCUT2D eigenvalue weighted by atomic mass is 32.2. The Bertz CT molecular complexity index is 1030. The van der Waals surface area contributed by atoms with Crippen molar-refractivity contribution < 1.29 is 9.53 Å². The van der Waals surface area contributed by atoms with E-state index >= 15 is 0 Å². The van der Waals surface area contributed by atoms with E-state index in [1.54, 1.807) is 7.11 Å². The molecule has 2 aromatic carbocycles. The molecule has 1 N–H and O–H groups in total. The van der Waals surface area contributed by atoms with Gasteiger partial charge in [-0.25, -0.2) is 0 Å². The third kappa shape index (κ3) is 5.10. The van der Waals surface area contributed by atoms with Crippen LogP contribution in [0.5, 0.6) is 5.75 Å². The van der Waals surface area contributed by atoms with Gasteiger partial charge in [0, 0.05) is 12.2 Å². The Morgan fingerprint density at radius 3 is 2.52 bits per heavy atom. The first-order valence-electron chi connectivity index (χ1n) is 10.6. The van der Waals surface area contributed by atoms with Crippen LogP contribution in [-0.4, -0.2) is 33.0 Å². The fourth-order valence-corrected chi connectivity index (χ4v) is 4.31. The second-order valence-electron chi connectivity index (χ2n) is 7.40. The van der Waals surface area contributed by atoms with Gasteiger partial charge >= 0.3 is 0 Å². The van der Waals surface area contributed by atoms with Crippen molar-refractivity contribution in [2.45, 2.75) is 57.0 Å². The summed E-state index contributed by atoms with van der Waals surface area (Å²) in [6, 6.07) is 15.7. The highest BCUT2D eigenvalue weighted by molar-refractivity contribution is 8.00. The molecule has 0 bridgehead atoms. The maximum Gasteiger partial charge on any atom is 0.237 e. The predicted octanol–water partition coefficient (Wildman–Crippen LogP) is 5.61. The first-order valence-corrected chi connectivity index (χ1v) is 11.5. The molecule has 31 heavy (non-hydrogen) atoms. The van der Waals surface area contributed by atoms with Gasteiger partial charge in [-0.15, -0.1) is 10.2 Å². The summed E-state index contributed by atoms with van der Waals surface area (Å²) in [5.41, 5.74) is 2.91. The average Bonchev–Trinajstić information content (AvgIpc) is 3.20. The number of nitrogens with zero attached hydrogens (tertiary/aromatic N) is 3. The van der Waals surface area contributed by atoms with Crippen molar-refractivity contribution in [3.63, 3.8) is 0 Å². The van der Waals surface area contributed by atoms with Crippen molar-refractivity contribution >= 4 is 23.4 Å². The van der Waals surface area contributed by atoms with Crippen LogP contribution in [0.25, 0.3) is 11.4 Å². The summed E-state index contributed by atoms with van der Waals surface area (Å²) < 4.78 is 7.50. The molecule has 1 aromatic heterocycles. The summed E-state index contributed by atoms with van der Waals surface area (Å²) in [6.45, 7) is 8.95. The van der Waals surface area contributed by atoms with Gasteiger partial charge in [-0.05, 0) is 49.9 Å². The van der Waals surface area contributed by atoms with E-state index in [1.165, 1.54) is 11.8 Å². The van der Waals surface area contributed by atoms with E-state index in [2.05, 4.69) is 35.4 Å². The van der Waals surface area contributed by atoms with Crippen molar-refractivity contribution in [2.24, 2.45) is 0 Å². The summed E-state index contributed by atoms with van der Waals surface area (Å²) in [7, 11) is 1.64. The number of anilines is 1. The molecule has 3 rings (SSSR count). The van der Waals surface area contributed by atoms with Gasteiger partial charge in [0.2, 0.25) is 5.91 Å². The van der Waals surface area contributed by atoms with Crippen LogP contribution in [0, 0.1) is 0 Å². The van der Waals surface area contributed by atoms with Crippen LogP contribution >= 0.6 is 11.8 Å². The Hall–Kier alpha value is -2.80. The number of carbonyl (C=O) groups excluding carboxylic acids is 1. The number of hydrogen-bond donors (Lipinski definition) is 1. The molecular weight excluding hydrogens is 408 g/mol. The SMILES string of the molecule is CCC(C)c1ccccc1NC(=O)C(C)Sc1nnc(-c2ccccc2OC)n1CC. The lowest BCUT2D eigenvalue weighted by molar-refractivity contribution is -0.115. The topological polar surface area (TPSA) is 69.0 Å². The Morgan fingerprint density at radius 1 is 1.10 bits per heavy atom. The van der Waals surface area contributed by atoms with Gasteiger partial charge in [0.15, 0.2) is 11.0 Å². The fraction of sp³-hybridized carbons (Fsp3) is 0.375. The van der Waals surface area contributed by atoms with Gasteiger partial charge in [-0.2, -0.15) is 0 Å². The molecule has 0 aliphatic carbocycles. The molecule has 1 amide bonds. The van der Waals surface area contributed by atoms with Gasteiger partial charge in [0.05, 0.1) is 17.9 Å². The number of amides is 1. The Balaban J connectivity index is 1.79. The molecule has 3 aromatic rings. The molecular formula is C24H30N4O2S. The normalized spacial score (nSPS) is 12.9. The van der Waals surface area contributed by atoms with Crippen molar-refractivity contribution in [2.75, 3.05) is 12.4 Å². The second-order valence-corrected chi connectivity index (χ2v) is 8.70. The van der Waals surface area contributed by atoms with Gasteiger partial charge < -0.3 is 14.6 Å². The van der Waals surface area contributed by atoms with E-state index in [-0.39, 0.29) is 11.2 Å². The maximum atomic E-state index is 12.9. The highest BCUT2D eigenvalue weighted by Gasteiger charge is 2.22. The highest BCUT2D eigenvalue weighted by Crippen LogP contribution is 2.32. The second kappa shape index (κ2) is 10.5. The van der Waals surface area contributed by atoms with Crippen molar-refractivity contribution in [3.05, 3.63) is 54.1 Å². The van der Waals surface area contributed by atoms with Gasteiger partial charge in [-0.1, -0.05) is 55.9 Å². The van der Waals surface area contributed by atoms with Gasteiger partial charge in [0.25, 0.3) is 0 Å². The largest absolute Gasteiger partial charge is 0.496 e. The molecule has 0 aliphatic rings. The van der Waals surface area contributed by atoms with Crippen LogP contribution < -0.4 is 10.1 Å². The van der Waals surface area contributed by atoms with E-state index in [0.29, 0.717) is 17.6 Å². The number of thioether (sulfide) groups is 1. The van der Waals surface area contributed by atoms with E-state index in [0.717, 1.165) is 34.8 Å². The van der Waals surface area contributed by atoms with E-state index in [1.807, 2.05) is 60.9 Å². The fourth-order valence-electron chi connectivity index (χ4n) is 3.40. The summed E-state index contributed by atoms with van der Waals surface area (Å²) in [5, 5.41) is 12.2. The lowest BCUT2D eigenvalue weighted by atomic mass is 9.97. The maximum absolute atomic E-state index is 12.9. The molecule has 0 aliphatic heterocycles. The average molecular weight is 439 g/mol. The van der Waals surface area contributed by atoms with E-state index in [9.17, 15) is 4.79 Å². The molecule has 0 spiro atoms. The molecule has 6 nitrogen and oxygen atoms in total. The van der Waals surface area contributed by atoms with E-state index < -0.39 is 0 Å². The number of hydrogen-bond acceptors (Lipinski definition) is 5. The number of nitrogens with one attached hydrogen (secondary N) is 1. The number of ether oxygens (including phenoxy) is 1. The molecule has 0 saturated carbocycles. The Kier molecular flexibility index (Phi) is 7.74. The van der Waals surface area contributed by atoms with Gasteiger partial charge in [0.1, 0.15) is 5.75 Å². The van der Waals surface area contributed by atoms with Crippen LogP contribution in [0.4, 0.5) is 5.69 Å². The van der Waals surface area contributed by atoms with E-state index in [4.69, 9.17) is 4.74 Å². The number of rotatable bonds is 9. The Labute approximate surface area is 188 Å². The monoisotopic (exact) mass is 438 g/mol. The minimum Gasteiger partial charge on any atom is -0.496 e. The first-order chi connectivity index (χ1) is 15.0. The Morgan fingerprint density at radius 2 is 1.81 bits per heavy atom. The standard InChI is InChI=1S/C24H30N4O2S/c1-6-16(3)18-12-8-10-14-20(18)25-23(29)17(4)31-24-27-26-22(28(24)7-2)19-13-9-11-15-21(19)30-5/h8-17H,6-7H2,1-5H3,(H,25,29). The first kappa shape index (κ1) is 22.9. The van der Waals surface area contributed by atoms with Crippen LogP contribution in [-0.2, 0) is 11.3 Å². The molecule has 0 saturated heterocycles. The van der Waals surface area contributed by atoms with Crippen LogP contribution in [0.15, 0.2) is 53.7 Å². The van der Waals surface area contributed by atoms with Crippen LogP contribution in [0.1, 0.15) is 45.6 Å². The smallest absolute Gasteiger partial charge is 0.237 e. The summed E-state index contributed by atoms with van der Waals surface area (Å²) >= 11 is 1.41. The molecule has 2 unspecified atom stereocenters. The number of aromatic nitrogens is 3. The van der Waals surface area contributed by atoms with Crippen LogP contribution in [0.2, 0.25) is 0 Å². The van der Waals surface area contributed by atoms with Crippen LogP contribution in [0.3, 0.4) is 0 Å². The molecule has 164 valence electrons. The molecule has 0 radical (unpaired) electrons. The zero-order valence-electron chi connectivity index (χ0n) is 18.8. The summed E-state index contributed by atoms with van der Waals surface area (Å²) in [4.78, 5) is 12.9. The predicted molar refractivity (Wildman–Crippen MR) is 127 cm³/mol. The zero-order chi connectivity index (χ0) is 22.4. The number of benzene rings is 2. The summed E-state index contributed by atoms with van der Waals surface area (Å²) in [5.74, 6) is 1.81. The molecule has 0 fully saturated rings. The minimum atomic E-state index is -0.329. The van der Waals surface area contributed by atoms with Gasteiger partial charge in [-0.3, -0.25) is 4.79 Å². The third-order valence-corrected chi connectivity index (χ3v) is 6.47. The minimum absolute atomic E-state index is 0.0507. The van der Waals surface area contributed by atoms with Crippen molar-refractivity contribution in [3.8, 4) is 17.1 Å². The molecule has 1 heterocycles. The lowest BCUT2D eigenvalue weighted by Gasteiger charge is -2.18. The quantitative estimate of drug-likeness (QED) is 0.440. The third-order valence-electron chi connectivity index (χ3n) is 5.39. The number of carbonyl (C=O) groups is 1. The molecule has 7 heteroatoms. The molecule has 2 atom stereocenters.